The summed E-state index contributed by atoms with van der Waals surface area (Å²) >= 11 is 0. The van der Waals surface area contributed by atoms with Crippen LogP contribution in [0.2, 0.25) is 0 Å². The zero-order valence-electron chi connectivity index (χ0n) is 11.2. The molecule has 0 aliphatic heterocycles. The number of rotatable bonds is 8. The van der Waals surface area contributed by atoms with E-state index in [4.69, 9.17) is 4.52 Å². The van der Waals surface area contributed by atoms with Gasteiger partial charge in [-0.25, -0.2) is 0 Å². The molecule has 1 N–H and O–H groups in total. The third kappa shape index (κ3) is 3.33. The van der Waals surface area contributed by atoms with Crippen LogP contribution in [0, 0.1) is 0 Å². The molecule has 1 aromatic rings. The van der Waals surface area contributed by atoms with Gasteiger partial charge in [0.15, 0.2) is 5.76 Å². The van der Waals surface area contributed by atoms with Gasteiger partial charge in [-0.3, -0.25) is 4.90 Å². The highest BCUT2D eigenvalue weighted by molar-refractivity contribution is 5.06. The minimum absolute atomic E-state index is 0.730. The molecule has 0 amide bonds. The largest absolute Gasteiger partial charge is 0.360 e. The Kier molecular flexibility index (Phi) is 3.66. The van der Waals surface area contributed by atoms with Crippen molar-refractivity contribution >= 4 is 0 Å². The molecule has 0 saturated heterocycles. The minimum Gasteiger partial charge on any atom is -0.360 e. The minimum atomic E-state index is 0.730. The predicted molar refractivity (Wildman–Crippen MR) is 70.1 cm³/mol. The highest BCUT2D eigenvalue weighted by atomic mass is 16.5. The lowest BCUT2D eigenvalue weighted by molar-refractivity contribution is 0.222. The van der Waals surface area contributed by atoms with Crippen molar-refractivity contribution < 1.29 is 4.52 Å². The first-order valence-corrected chi connectivity index (χ1v) is 7.27. The fourth-order valence-corrected chi connectivity index (χ4v) is 2.37. The van der Waals surface area contributed by atoms with Crippen LogP contribution < -0.4 is 5.32 Å². The summed E-state index contributed by atoms with van der Waals surface area (Å²) in [5.41, 5.74) is 1.05. The van der Waals surface area contributed by atoms with Gasteiger partial charge in [-0.1, -0.05) is 12.1 Å². The van der Waals surface area contributed by atoms with Crippen molar-refractivity contribution in [1.29, 1.82) is 0 Å². The molecule has 1 heterocycles. The Morgan fingerprint density at radius 1 is 1.39 bits per heavy atom. The van der Waals surface area contributed by atoms with Crippen molar-refractivity contribution in [2.75, 3.05) is 6.54 Å². The topological polar surface area (TPSA) is 41.3 Å². The van der Waals surface area contributed by atoms with Crippen molar-refractivity contribution in [3.63, 3.8) is 0 Å². The number of nitrogens with one attached hydrogen (secondary N) is 1. The molecular formula is C14H23N3O. The summed E-state index contributed by atoms with van der Waals surface area (Å²) in [7, 11) is 0. The maximum Gasteiger partial charge on any atom is 0.151 e. The molecule has 4 heteroatoms. The predicted octanol–water partition coefficient (Wildman–Crippen LogP) is 2.30. The smallest absolute Gasteiger partial charge is 0.151 e. The van der Waals surface area contributed by atoms with Crippen LogP contribution in [0.1, 0.15) is 50.5 Å². The Balaban J connectivity index is 1.50. The molecule has 18 heavy (non-hydrogen) atoms. The van der Waals surface area contributed by atoms with E-state index in [2.05, 4.69) is 28.4 Å². The summed E-state index contributed by atoms with van der Waals surface area (Å²) < 4.78 is 5.44. The van der Waals surface area contributed by atoms with E-state index in [1.807, 2.05) is 0 Å². The molecule has 2 saturated carbocycles. The maximum atomic E-state index is 5.44. The van der Waals surface area contributed by atoms with Crippen LogP contribution in [0.4, 0.5) is 0 Å². The third-order valence-corrected chi connectivity index (χ3v) is 3.69. The fraction of sp³-hybridized carbons (Fsp3) is 0.786. The number of hydrogen-bond donors (Lipinski definition) is 1. The summed E-state index contributed by atoms with van der Waals surface area (Å²) in [5, 5.41) is 7.61. The zero-order chi connectivity index (χ0) is 12.4. The van der Waals surface area contributed by atoms with Crippen molar-refractivity contribution in [2.45, 2.75) is 64.2 Å². The lowest BCUT2D eigenvalue weighted by Crippen LogP contribution is -2.26. The molecular weight excluding hydrogens is 226 g/mol. The molecule has 4 nitrogen and oxygen atoms in total. The SMILES string of the molecule is CCCN(Cc1cc(CNC2CC2)no1)C1CC1. The molecule has 0 radical (unpaired) electrons. The first-order valence-electron chi connectivity index (χ1n) is 7.27. The van der Waals surface area contributed by atoms with Crippen molar-refractivity contribution in [3.05, 3.63) is 17.5 Å². The van der Waals surface area contributed by atoms with E-state index in [1.54, 1.807) is 0 Å². The molecule has 1 aromatic heterocycles. The van der Waals surface area contributed by atoms with Crippen LogP contribution in [0.15, 0.2) is 10.6 Å². The van der Waals surface area contributed by atoms with E-state index in [9.17, 15) is 0 Å². The monoisotopic (exact) mass is 249 g/mol. The molecule has 0 unspecified atom stereocenters. The van der Waals surface area contributed by atoms with Crippen LogP contribution in [0.3, 0.4) is 0 Å². The van der Waals surface area contributed by atoms with Gasteiger partial charge in [0, 0.05) is 24.7 Å². The Labute approximate surface area is 109 Å². The molecule has 0 atom stereocenters. The van der Waals surface area contributed by atoms with Gasteiger partial charge in [0.2, 0.25) is 0 Å². The molecule has 100 valence electrons. The standard InChI is InChI=1S/C14H23N3O/c1-2-7-17(13-5-6-13)10-14-8-12(16-18-14)9-15-11-3-4-11/h8,11,13,15H,2-7,9-10H2,1H3. The first-order chi connectivity index (χ1) is 8.85. The molecule has 2 fully saturated rings. The average Bonchev–Trinajstić information content (AvgIpc) is 3.27. The van der Waals surface area contributed by atoms with Crippen LogP contribution in [0.25, 0.3) is 0 Å². The lowest BCUT2D eigenvalue weighted by atomic mass is 10.3. The maximum absolute atomic E-state index is 5.44. The van der Waals surface area contributed by atoms with Crippen LogP contribution in [-0.2, 0) is 13.1 Å². The average molecular weight is 249 g/mol. The molecule has 2 aliphatic carbocycles. The van der Waals surface area contributed by atoms with Crippen LogP contribution in [0.5, 0.6) is 0 Å². The van der Waals surface area contributed by atoms with Crippen molar-refractivity contribution in [1.82, 2.24) is 15.4 Å². The van der Waals surface area contributed by atoms with Gasteiger partial charge < -0.3 is 9.84 Å². The second-order valence-electron chi connectivity index (χ2n) is 5.64. The lowest BCUT2D eigenvalue weighted by Gasteiger charge is -2.18. The quantitative estimate of drug-likeness (QED) is 0.767. The van der Waals surface area contributed by atoms with Crippen molar-refractivity contribution in [3.8, 4) is 0 Å². The summed E-state index contributed by atoms with van der Waals surface area (Å²) in [4.78, 5) is 2.53. The van der Waals surface area contributed by atoms with Gasteiger partial charge in [0.05, 0.1) is 12.2 Å². The Bertz CT molecular complexity index is 382. The molecule has 0 aromatic carbocycles. The molecule has 3 rings (SSSR count). The highest BCUT2D eigenvalue weighted by Gasteiger charge is 2.29. The Morgan fingerprint density at radius 3 is 2.89 bits per heavy atom. The molecule has 0 bridgehead atoms. The zero-order valence-corrected chi connectivity index (χ0v) is 11.2. The Hall–Kier alpha value is -0.870. The fourth-order valence-electron chi connectivity index (χ4n) is 2.37. The van der Waals surface area contributed by atoms with E-state index in [0.29, 0.717) is 0 Å². The summed E-state index contributed by atoms with van der Waals surface area (Å²) in [6.45, 7) is 5.18. The van der Waals surface area contributed by atoms with Gasteiger partial charge in [0.1, 0.15) is 0 Å². The van der Waals surface area contributed by atoms with E-state index in [-0.39, 0.29) is 0 Å². The normalized spacial score (nSPS) is 19.7. The number of aromatic nitrogens is 1. The van der Waals surface area contributed by atoms with Crippen LogP contribution in [-0.4, -0.2) is 28.7 Å². The second-order valence-corrected chi connectivity index (χ2v) is 5.64. The number of hydrogen-bond acceptors (Lipinski definition) is 4. The third-order valence-electron chi connectivity index (χ3n) is 3.69. The van der Waals surface area contributed by atoms with Crippen molar-refractivity contribution in [2.24, 2.45) is 0 Å². The van der Waals surface area contributed by atoms with E-state index in [1.165, 1.54) is 38.6 Å². The summed E-state index contributed by atoms with van der Waals surface area (Å²) in [6, 6.07) is 3.64. The molecule has 2 aliphatic rings. The van der Waals surface area contributed by atoms with Crippen LogP contribution >= 0.6 is 0 Å². The van der Waals surface area contributed by atoms with E-state index < -0.39 is 0 Å². The Morgan fingerprint density at radius 2 is 2.22 bits per heavy atom. The van der Waals surface area contributed by atoms with Gasteiger partial charge >= 0.3 is 0 Å². The van der Waals surface area contributed by atoms with Gasteiger partial charge in [-0.2, -0.15) is 0 Å². The molecule has 0 spiro atoms. The summed E-state index contributed by atoms with van der Waals surface area (Å²) in [6.07, 6.45) is 6.54. The van der Waals surface area contributed by atoms with Gasteiger partial charge in [-0.15, -0.1) is 0 Å². The summed E-state index contributed by atoms with van der Waals surface area (Å²) in [5.74, 6) is 1.02. The van der Waals surface area contributed by atoms with Gasteiger partial charge in [-0.05, 0) is 38.6 Å². The second kappa shape index (κ2) is 5.41. The van der Waals surface area contributed by atoms with Gasteiger partial charge in [0.25, 0.3) is 0 Å². The van der Waals surface area contributed by atoms with E-state index in [0.717, 1.165) is 36.6 Å². The number of nitrogens with zero attached hydrogens (tertiary/aromatic N) is 2. The van der Waals surface area contributed by atoms with E-state index >= 15 is 0 Å². The first kappa shape index (κ1) is 12.2. The highest BCUT2D eigenvalue weighted by Crippen LogP contribution is 2.28.